The van der Waals surface area contributed by atoms with Crippen LogP contribution in [0.3, 0.4) is 0 Å². The molecule has 0 saturated carbocycles. The lowest BCUT2D eigenvalue weighted by atomic mass is 10.3. The Hall–Kier alpha value is -1.32. The molecule has 0 amide bonds. The lowest BCUT2D eigenvalue weighted by Crippen LogP contribution is -1.90. The summed E-state index contributed by atoms with van der Waals surface area (Å²) in [5.74, 6) is 0.926. The molecule has 1 rings (SSSR count). The molecule has 0 bridgehead atoms. The zero-order chi connectivity index (χ0) is 10.6. The Morgan fingerprint density at radius 3 is 2.57 bits per heavy atom. The molecule has 0 spiro atoms. The summed E-state index contributed by atoms with van der Waals surface area (Å²) in [7, 11) is 2.99. The molecule has 4 nitrogen and oxygen atoms in total. The highest BCUT2D eigenvalue weighted by Crippen LogP contribution is 2.39. The summed E-state index contributed by atoms with van der Waals surface area (Å²) in [6.07, 6.45) is 1.46. The van der Waals surface area contributed by atoms with E-state index in [1.165, 1.54) is 20.3 Å². The van der Waals surface area contributed by atoms with Crippen LogP contribution in [0.5, 0.6) is 11.5 Å². The SMILES string of the molecule is COc1cc(Br)cc(N=C=O)c1OC. The largest absolute Gasteiger partial charge is 0.493 e. The molecule has 1 aromatic rings. The second-order valence-corrected chi connectivity index (χ2v) is 3.28. The van der Waals surface area contributed by atoms with Gasteiger partial charge >= 0.3 is 0 Å². The van der Waals surface area contributed by atoms with E-state index in [2.05, 4.69) is 20.9 Å². The number of benzene rings is 1. The highest BCUT2D eigenvalue weighted by atomic mass is 79.9. The number of methoxy groups -OCH3 is 2. The number of ether oxygens (including phenoxy) is 2. The normalized spacial score (nSPS) is 9.07. The second kappa shape index (κ2) is 4.79. The number of hydrogen-bond acceptors (Lipinski definition) is 4. The van der Waals surface area contributed by atoms with E-state index >= 15 is 0 Å². The lowest BCUT2D eigenvalue weighted by Gasteiger charge is -2.09. The van der Waals surface area contributed by atoms with Gasteiger partial charge in [-0.2, -0.15) is 4.99 Å². The summed E-state index contributed by atoms with van der Waals surface area (Å²) in [6.45, 7) is 0. The Kier molecular flexibility index (Phi) is 3.68. The molecule has 14 heavy (non-hydrogen) atoms. The van der Waals surface area contributed by atoms with Crippen molar-refractivity contribution in [1.82, 2.24) is 0 Å². The monoisotopic (exact) mass is 257 g/mol. The van der Waals surface area contributed by atoms with E-state index in [0.717, 1.165) is 4.47 Å². The maximum absolute atomic E-state index is 10.1. The van der Waals surface area contributed by atoms with Crippen LogP contribution in [0.4, 0.5) is 5.69 Å². The van der Waals surface area contributed by atoms with Crippen LogP contribution in [0, 0.1) is 0 Å². The van der Waals surface area contributed by atoms with Gasteiger partial charge in [0.1, 0.15) is 5.69 Å². The third-order valence-corrected chi connectivity index (χ3v) is 2.05. The van der Waals surface area contributed by atoms with Gasteiger partial charge in [0.2, 0.25) is 6.08 Å². The van der Waals surface area contributed by atoms with E-state index in [-0.39, 0.29) is 0 Å². The molecule has 0 aliphatic carbocycles. The second-order valence-electron chi connectivity index (χ2n) is 2.36. The fourth-order valence-corrected chi connectivity index (χ4v) is 1.47. The minimum Gasteiger partial charge on any atom is -0.493 e. The Morgan fingerprint density at radius 1 is 1.36 bits per heavy atom. The van der Waals surface area contributed by atoms with E-state index in [1.807, 2.05) is 0 Å². The van der Waals surface area contributed by atoms with Crippen molar-refractivity contribution < 1.29 is 14.3 Å². The molecule has 0 saturated heterocycles. The Balaban J connectivity index is 3.38. The molecular formula is C9H8BrNO3. The predicted molar refractivity (Wildman–Crippen MR) is 55.0 cm³/mol. The van der Waals surface area contributed by atoms with Crippen LogP contribution in [-0.4, -0.2) is 20.3 Å². The fraction of sp³-hybridized carbons (Fsp3) is 0.222. The van der Waals surface area contributed by atoms with Crippen molar-refractivity contribution >= 4 is 27.7 Å². The minimum absolute atomic E-state index is 0.383. The molecule has 74 valence electrons. The first-order valence-corrected chi connectivity index (χ1v) is 4.51. The van der Waals surface area contributed by atoms with Gasteiger partial charge in [-0.05, 0) is 12.1 Å². The highest BCUT2D eigenvalue weighted by molar-refractivity contribution is 9.10. The van der Waals surface area contributed by atoms with Crippen molar-refractivity contribution in [3.63, 3.8) is 0 Å². The number of carbonyl (C=O) groups excluding carboxylic acids is 1. The standard InChI is InChI=1S/C9H8BrNO3/c1-13-8-4-6(10)3-7(11-5-12)9(8)14-2/h3-4H,1-2H3. The highest BCUT2D eigenvalue weighted by Gasteiger charge is 2.10. The van der Waals surface area contributed by atoms with Gasteiger partial charge in [-0.3, -0.25) is 0 Å². The van der Waals surface area contributed by atoms with E-state index < -0.39 is 0 Å². The summed E-state index contributed by atoms with van der Waals surface area (Å²) in [5.41, 5.74) is 0.383. The number of hydrogen-bond donors (Lipinski definition) is 0. The average Bonchev–Trinajstić information content (AvgIpc) is 2.17. The molecule has 0 unspecified atom stereocenters. The van der Waals surface area contributed by atoms with Crippen LogP contribution >= 0.6 is 15.9 Å². The Labute approximate surface area is 89.7 Å². The smallest absolute Gasteiger partial charge is 0.240 e. The first kappa shape index (κ1) is 10.8. The molecule has 0 aromatic heterocycles. The van der Waals surface area contributed by atoms with Gasteiger partial charge in [0.25, 0.3) is 0 Å². The summed E-state index contributed by atoms with van der Waals surface area (Å²) in [6, 6.07) is 3.37. The number of rotatable bonds is 3. The van der Waals surface area contributed by atoms with Gasteiger partial charge in [0, 0.05) is 4.47 Å². The van der Waals surface area contributed by atoms with Crippen molar-refractivity contribution in [2.24, 2.45) is 4.99 Å². The topological polar surface area (TPSA) is 47.9 Å². The summed E-state index contributed by atoms with van der Waals surface area (Å²) < 4.78 is 10.9. The number of halogens is 1. The summed E-state index contributed by atoms with van der Waals surface area (Å²) in [4.78, 5) is 13.7. The van der Waals surface area contributed by atoms with E-state index in [4.69, 9.17) is 9.47 Å². The molecule has 1 aromatic carbocycles. The number of isocyanates is 1. The van der Waals surface area contributed by atoms with Crippen LogP contribution in [0.15, 0.2) is 21.6 Å². The van der Waals surface area contributed by atoms with Crippen LogP contribution in [0.2, 0.25) is 0 Å². The van der Waals surface area contributed by atoms with Crippen molar-refractivity contribution in [1.29, 1.82) is 0 Å². The first-order chi connectivity index (χ1) is 6.72. The molecule has 0 radical (unpaired) electrons. The molecule has 5 heteroatoms. The predicted octanol–water partition coefficient (Wildman–Crippen LogP) is 2.43. The van der Waals surface area contributed by atoms with Crippen molar-refractivity contribution in [3.05, 3.63) is 16.6 Å². The molecular weight excluding hydrogens is 250 g/mol. The van der Waals surface area contributed by atoms with E-state index in [9.17, 15) is 4.79 Å². The zero-order valence-corrected chi connectivity index (χ0v) is 9.29. The maximum Gasteiger partial charge on any atom is 0.240 e. The molecule has 0 aliphatic heterocycles. The average molecular weight is 258 g/mol. The molecule has 0 N–H and O–H groups in total. The summed E-state index contributed by atoms with van der Waals surface area (Å²) in [5, 5.41) is 0. The third kappa shape index (κ3) is 2.13. The number of nitrogens with zero attached hydrogens (tertiary/aromatic N) is 1. The minimum atomic E-state index is 0.383. The quantitative estimate of drug-likeness (QED) is 0.618. The number of aliphatic imine (C=N–C) groups is 1. The summed E-state index contributed by atoms with van der Waals surface area (Å²) >= 11 is 3.26. The van der Waals surface area contributed by atoms with E-state index in [1.54, 1.807) is 12.1 Å². The lowest BCUT2D eigenvalue weighted by molar-refractivity contribution is 0.356. The van der Waals surface area contributed by atoms with Gasteiger partial charge in [-0.25, -0.2) is 4.79 Å². The van der Waals surface area contributed by atoms with Crippen LogP contribution in [0.25, 0.3) is 0 Å². The molecule has 0 fully saturated rings. The van der Waals surface area contributed by atoms with Crippen molar-refractivity contribution in [2.75, 3.05) is 14.2 Å². The third-order valence-electron chi connectivity index (χ3n) is 1.59. The fourth-order valence-electron chi connectivity index (χ4n) is 1.04. The molecule has 0 aliphatic rings. The van der Waals surface area contributed by atoms with Gasteiger partial charge in [0.05, 0.1) is 14.2 Å². The van der Waals surface area contributed by atoms with Crippen LogP contribution in [0.1, 0.15) is 0 Å². The van der Waals surface area contributed by atoms with Gasteiger partial charge < -0.3 is 9.47 Å². The maximum atomic E-state index is 10.1. The van der Waals surface area contributed by atoms with Crippen molar-refractivity contribution in [3.8, 4) is 11.5 Å². The molecule has 0 heterocycles. The Bertz CT molecular complexity index is 386. The van der Waals surface area contributed by atoms with Crippen LogP contribution in [-0.2, 0) is 4.79 Å². The van der Waals surface area contributed by atoms with E-state index in [0.29, 0.717) is 17.2 Å². The zero-order valence-electron chi connectivity index (χ0n) is 7.70. The molecule has 0 atom stereocenters. The van der Waals surface area contributed by atoms with Gasteiger partial charge in [-0.15, -0.1) is 0 Å². The van der Waals surface area contributed by atoms with Gasteiger partial charge in [0.15, 0.2) is 11.5 Å². The Morgan fingerprint density at radius 2 is 2.07 bits per heavy atom. The van der Waals surface area contributed by atoms with Crippen molar-refractivity contribution in [2.45, 2.75) is 0 Å². The first-order valence-electron chi connectivity index (χ1n) is 3.72. The van der Waals surface area contributed by atoms with Gasteiger partial charge in [-0.1, -0.05) is 15.9 Å². The van der Waals surface area contributed by atoms with Crippen LogP contribution < -0.4 is 9.47 Å².